The smallest absolute Gasteiger partial charge is 0.143 e. The molecule has 0 amide bonds. The molecule has 0 rings (SSSR count). The van der Waals surface area contributed by atoms with Crippen LogP contribution in [0.2, 0.25) is 0 Å². The maximum atomic E-state index is 5.82. The average Bonchev–Trinajstić information content (AvgIpc) is 2.65. The van der Waals surface area contributed by atoms with Gasteiger partial charge in [-0.3, -0.25) is 0 Å². The molecule has 0 bridgehead atoms. The Morgan fingerprint density at radius 2 is 0.778 bits per heavy atom. The predicted octanol–water partition coefficient (Wildman–Crippen LogP) is 7.65. The standard InChI is InChI=1S/C22H44N2S3/c1-5-9-13-17-23(18-14-10-6-2)21(25)27-22(26)24(19-15-11-7-3)20-16-12-8-4/h5-20H2,1-4H3. The summed E-state index contributed by atoms with van der Waals surface area (Å²) in [7, 11) is 0. The number of hydrogen-bond acceptors (Lipinski definition) is 3. The molecule has 0 aliphatic carbocycles. The fourth-order valence-corrected chi connectivity index (χ4v) is 4.77. The summed E-state index contributed by atoms with van der Waals surface area (Å²) in [6, 6.07) is 0. The molecule has 0 aromatic rings. The molecular weight excluding hydrogens is 388 g/mol. The third-order valence-corrected chi connectivity index (χ3v) is 6.70. The predicted molar refractivity (Wildman–Crippen MR) is 134 cm³/mol. The average molecular weight is 433 g/mol. The summed E-state index contributed by atoms with van der Waals surface area (Å²) in [6.07, 6.45) is 15.1. The van der Waals surface area contributed by atoms with Gasteiger partial charge in [-0.05, 0) is 37.4 Å². The first-order valence-electron chi connectivity index (χ1n) is 11.4. The fraction of sp³-hybridized carbons (Fsp3) is 0.909. The highest BCUT2D eigenvalue weighted by Crippen LogP contribution is 2.19. The van der Waals surface area contributed by atoms with Gasteiger partial charge in [0.05, 0.1) is 0 Å². The van der Waals surface area contributed by atoms with Crippen molar-refractivity contribution in [2.24, 2.45) is 0 Å². The van der Waals surface area contributed by atoms with Crippen molar-refractivity contribution in [2.75, 3.05) is 26.2 Å². The van der Waals surface area contributed by atoms with Crippen molar-refractivity contribution < 1.29 is 0 Å². The van der Waals surface area contributed by atoms with E-state index in [-0.39, 0.29) is 0 Å². The van der Waals surface area contributed by atoms with E-state index in [1.54, 1.807) is 11.8 Å². The van der Waals surface area contributed by atoms with Gasteiger partial charge in [0.15, 0.2) is 0 Å². The Balaban J connectivity index is 4.68. The molecule has 0 heterocycles. The third kappa shape index (κ3) is 14.7. The molecular formula is C22H44N2S3. The molecule has 0 atom stereocenters. The Labute approximate surface area is 185 Å². The summed E-state index contributed by atoms with van der Waals surface area (Å²) in [5, 5.41) is 0. The molecule has 27 heavy (non-hydrogen) atoms. The van der Waals surface area contributed by atoms with Crippen molar-refractivity contribution in [3.8, 4) is 0 Å². The van der Waals surface area contributed by atoms with Crippen molar-refractivity contribution in [1.82, 2.24) is 9.80 Å². The van der Waals surface area contributed by atoms with Crippen molar-refractivity contribution in [1.29, 1.82) is 0 Å². The van der Waals surface area contributed by atoms with Gasteiger partial charge < -0.3 is 9.80 Å². The summed E-state index contributed by atoms with van der Waals surface area (Å²) in [6.45, 7) is 13.4. The molecule has 0 aromatic heterocycles. The molecule has 5 heteroatoms. The lowest BCUT2D eigenvalue weighted by atomic mass is 10.2. The van der Waals surface area contributed by atoms with Crippen LogP contribution in [0.1, 0.15) is 105 Å². The highest BCUT2D eigenvalue weighted by Gasteiger charge is 2.16. The first-order valence-corrected chi connectivity index (χ1v) is 13.0. The van der Waals surface area contributed by atoms with E-state index in [4.69, 9.17) is 24.4 Å². The minimum absolute atomic E-state index is 0.989. The van der Waals surface area contributed by atoms with E-state index in [0.717, 1.165) is 34.8 Å². The molecule has 0 spiro atoms. The first kappa shape index (κ1) is 27.1. The zero-order valence-corrected chi connectivity index (χ0v) is 20.9. The summed E-state index contributed by atoms with van der Waals surface area (Å²) in [5.74, 6) is 0. The molecule has 160 valence electrons. The lowest BCUT2D eigenvalue weighted by Crippen LogP contribution is -2.35. The molecule has 0 saturated carbocycles. The van der Waals surface area contributed by atoms with Crippen molar-refractivity contribution in [3.63, 3.8) is 0 Å². The lowest BCUT2D eigenvalue weighted by Gasteiger charge is -2.29. The van der Waals surface area contributed by atoms with Crippen molar-refractivity contribution >= 4 is 44.8 Å². The molecule has 0 radical (unpaired) electrons. The van der Waals surface area contributed by atoms with E-state index in [2.05, 4.69) is 37.5 Å². The molecule has 2 nitrogen and oxygen atoms in total. The maximum Gasteiger partial charge on any atom is 0.143 e. The second kappa shape index (κ2) is 19.4. The topological polar surface area (TPSA) is 6.48 Å². The number of nitrogens with zero attached hydrogens (tertiary/aromatic N) is 2. The SMILES string of the molecule is CCCCCN(CCCCC)C(=S)SC(=S)N(CCCCC)CCCCC. The van der Waals surface area contributed by atoms with Crippen LogP contribution < -0.4 is 0 Å². The van der Waals surface area contributed by atoms with Crippen molar-refractivity contribution in [3.05, 3.63) is 0 Å². The molecule has 0 aliphatic rings. The molecule has 0 unspecified atom stereocenters. The Hall–Kier alpha value is 0.130. The fourth-order valence-electron chi connectivity index (χ4n) is 3.00. The highest BCUT2D eigenvalue weighted by atomic mass is 32.2. The lowest BCUT2D eigenvalue weighted by molar-refractivity contribution is 0.399. The van der Waals surface area contributed by atoms with Crippen LogP contribution in [0.4, 0.5) is 0 Å². The van der Waals surface area contributed by atoms with E-state index < -0.39 is 0 Å². The van der Waals surface area contributed by atoms with E-state index >= 15 is 0 Å². The second-order valence-electron chi connectivity index (χ2n) is 7.44. The van der Waals surface area contributed by atoms with Crippen LogP contribution in [0.15, 0.2) is 0 Å². The molecule has 0 aliphatic heterocycles. The van der Waals surface area contributed by atoms with Crippen LogP contribution in [0.5, 0.6) is 0 Å². The summed E-state index contributed by atoms with van der Waals surface area (Å²) in [4.78, 5) is 4.82. The molecule has 0 N–H and O–H groups in total. The third-order valence-electron chi connectivity index (χ3n) is 4.82. The molecule has 0 aromatic carbocycles. The normalized spacial score (nSPS) is 10.8. The van der Waals surface area contributed by atoms with E-state index in [1.165, 1.54) is 77.0 Å². The van der Waals surface area contributed by atoms with Gasteiger partial charge in [-0.1, -0.05) is 103 Å². The quantitative estimate of drug-likeness (QED) is 0.182. The van der Waals surface area contributed by atoms with Gasteiger partial charge in [0.25, 0.3) is 0 Å². The zero-order valence-electron chi connectivity index (χ0n) is 18.4. The van der Waals surface area contributed by atoms with E-state index in [0.29, 0.717) is 0 Å². The first-order chi connectivity index (χ1) is 13.1. The summed E-state index contributed by atoms with van der Waals surface area (Å²) in [5.41, 5.74) is 0. The van der Waals surface area contributed by atoms with Gasteiger partial charge >= 0.3 is 0 Å². The minimum atomic E-state index is 0.989. The van der Waals surface area contributed by atoms with E-state index in [1.807, 2.05) is 0 Å². The van der Waals surface area contributed by atoms with Gasteiger partial charge in [-0.25, -0.2) is 0 Å². The largest absolute Gasteiger partial charge is 0.357 e. The number of hydrogen-bond donors (Lipinski definition) is 0. The Morgan fingerprint density at radius 1 is 0.519 bits per heavy atom. The van der Waals surface area contributed by atoms with Crippen LogP contribution in [-0.4, -0.2) is 44.6 Å². The number of unbranched alkanes of at least 4 members (excludes halogenated alkanes) is 8. The van der Waals surface area contributed by atoms with Gasteiger partial charge in [0, 0.05) is 26.2 Å². The van der Waals surface area contributed by atoms with Crippen LogP contribution in [-0.2, 0) is 0 Å². The highest BCUT2D eigenvalue weighted by molar-refractivity contribution is 8.37. The van der Waals surface area contributed by atoms with E-state index in [9.17, 15) is 0 Å². The molecule has 0 saturated heterocycles. The Morgan fingerprint density at radius 3 is 1.00 bits per heavy atom. The van der Waals surface area contributed by atoms with Crippen molar-refractivity contribution in [2.45, 2.75) is 105 Å². The summed E-state index contributed by atoms with van der Waals surface area (Å²) >= 11 is 13.3. The van der Waals surface area contributed by atoms with Crippen LogP contribution >= 0.6 is 36.2 Å². The number of thioether (sulfide) groups is 1. The zero-order chi connectivity index (χ0) is 20.3. The van der Waals surface area contributed by atoms with Gasteiger partial charge in [0.1, 0.15) is 8.64 Å². The minimum Gasteiger partial charge on any atom is -0.357 e. The van der Waals surface area contributed by atoms with Gasteiger partial charge in [-0.2, -0.15) is 0 Å². The van der Waals surface area contributed by atoms with Gasteiger partial charge in [-0.15, -0.1) is 0 Å². The maximum absolute atomic E-state index is 5.82. The van der Waals surface area contributed by atoms with Gasteiger partial charge in [0.2, 0.25) is 0 Å². The number of rotatable bonds is 16. The summed E-state index contributed by atoms with van der Waals surface area (Å²) < 4.78 is 1.98. The Bertz CT molecular complexity index is 321. The van der Waals surface area contributed by atoms with Crippen LogP contribution in [0.3, 0.4) is 0 Å². The monoisotopic (exact) mass is 432 g/mol. The second-order valence-corrected chi connectivity index (χ2v) is 9.70. The van der Waals surface area contributed by atoms with Crippen LogP contribution in [0.25, 0.3) is 0 Å². The number of thiocarbonyl (C=S) groups is 2. The molecule has 0 fully saturated rings. The Kier molecular flexibility index (Phi) is 19.5. The van der Waals surface area contributed by atoms with Crippen LogP contribution in [0, 0.1) is 0 Å².